The second kappa shape index (κ2) is 7.31. The van der Waals surface area contributed by atoms with Crippen LogP contribution in [0.15, 0.2) is 48.5 Å². The van der Waals surface area contributed by atoms with E-state index in [1.54, 1.807) is 19.0 Å². The fourth-order valence-corrected chi connectivity index (χ4v) is 3.82. The van der Waals surface area contributed by atoms with Crippen molar-refractivity contribution in [2.75, 3.05) is 34.2 Å². The van der Waals surface area contributed by atoms with Gasteiger partial charge in [0.2, 0.25) is 0 Å². The van der Waals surface area contributed by atoms with Gasteiger partial charge in [-0.25, -0.2) is 0 Å². The van der Waals surface area contributed by atoms with E-state index in [4.69, 9.17) is 0 Å². The van der Waals surface area contributed by atoms with Crippen LogP contribution in [0.3, 0.4) is 0 Å². The number of carbonyl (C=O) groups is 1. The summed E-state index contributed by atoms with van der Waals surface area (Å²) in [4.78, 5) is 16.1. The average molecular weight is 347 g/mol. The van der Waals surface area contributed by atoms with E-state index in [0.29, 0.717) is 11.1 Å². The lowest BCUT2D eigenvalue weighted by molar-refractivity contribution is 0.0827. The number of hydrogen-bond donors (Lipinski definition) is 0. The van der Waals surface area contributed by atoms with Gasteiger partial charge in [0.25, 0.3) is 5.91 Å². The largest absolute Gasteiger partial charge is 0.345 e. The lowest BCUT2D eigenvalue weighted by Crippen LogP contribution is -2.41. The highest BCUT2D eigenvalue weighted by Gasteiger charge is 2.37. The summed E-state index contributed by atoms with van der Waals surface area (Å²) in [5, 5.41) is 9.31. The minimum atomic E-state index is -0.112. The Kier molecular flexibility index (Phi) is 5.11. The molecule has 0 saturated carbocycles. The molecule has 0 aromatic heterocycles. The van der Waals surface area contributed by atoms with E-state index in [9.17, 15) is 10.1 Å². The maximum Gasteiger partial charge on any atom is 0.253 e. The molecule has 26 heavy (non-hydrogen) atoms. The topological polar surface area (TPSA) is 47.3 Å². The predicted octanol–water partition coefficient (Wildman–Crippen LogP) is 3.27. The molecule has 1 aliphatic heterocycles. The number of rotatable bonds is 3. The van der Waals surface area contributed by atoms with Crippen molar-refractivity contribution < 1.29 is 4.79 Å². The fraction of sp³-hybridized carbons (Fsp3) is 0.364. The SMILES string of the molecule is CN1CCC(c2ccc(C(=O)N(C)C)cc2)(c2cccc(C#N)c2)CC1. The third-order valence-corrected chi connectivity index (χ3v) is 5.48. The summed E-state index contributed by atoms with van der Waals surface area (Å²) in [6.45, 7) is 2.02. The Hall–Kier alpha value is -2.64. The molecule has 3 rings (SSSR count). The van der Waals surface area contributed by atoms with E-state index in [1.165, 1.54) is 11.1 Å². The van der Waals surface area contributed by atoms with Gasteiger partial charge in [0, 0.05) is 25.1 Å². The number of benzene rings is 2. The van der Waals surface area contributed by atoms with Gasteiger partial charge in [0.05, 0.1) is 11.6 Å². The van der Waals surface area contributed by atoms with Crippen LogP contribution >= 0.6 is 0 Å². The number of likely N-dealkylation sites (tertiary alicyclic amines) is 1. The zero-order valence-electron chi connectivity index (χ0n) is 15.7. The molecular weight excluding hydrogens is 322 g/mol. The molecule has 0 radical (unpaired) electrons. The van der Waals surface area contributed by atoms with E-state index in [2.05, 4.69) is 36.2 Å². The Labute approximate surface area is 155 Å². The van der Waals surface area contributed by atoms with Gasteiger partial charge in [0.1, 0.15) is 0 Å². The molecule has 0 N–H and O–H groups in total. The molecular formula is C22H25N3O. The van der Waals surface area contributed by atoms with Crippen LogP contribution in [0.5, 0.6) is 0 Å². The van der Waals surface area contributed by atoms with Crippen LogP contribution in [-0.2, 0) is 5.41 Å². The lowest BCUT2D eigenvalue weighted by Gasteiger charge is -2.42. The zero-order valence-corrected chi connectivity index (χ0v) is 15.7. The highest BCUT2D eigenvalue weighted by Crippen LogP contribution is 2.41. The minimum absolute atomic E-state index is 0.0143. The normalized spacial score (nSPS) is 16.7. The number of carbonyl (C=O) groups excluding carboxylic acids is 1. The molecule has 0 aliphatic carbocycles. The average Bonchev–Trinajstić information content (AvgIpc) is 2.68. The van der Waals surface area contributed by atoms with Gasteiger partial charge in [-0.3, -0.25) is 4.79 Å². The molecule has 1 amide bonds. The molecule has 2 aromatic rings. The predicted molar refractivity (Wildman–Crippen MR) is 103 cm³/mol. The Morgan fingerprint density at radius 1 is 1.08 bits per heavy atom. The monoisotopic (exact) mass is 347 g/mol. The zero-order chi connectivity index (χ0) is 18.7. The molecule has 1 fully saturated rings. The third-order valence-electron chi connectivity index (χ3n) is 5.48. The number of nitrogens with zero attached hydrogens (tertiary/aromatic N) is 3. The first kappa shape index (κ1) is 18.2. The first-order valence-electron chi connectivity index (χ1n) is 8.98. The molecule has 0 bridgehead atoms. The number of piperidine rings is 1. The summed E-state index contributed by atoms with van der Waals surface area (Å²) >= 11 is 0. The molecule has 4 heteroatoms. The highest BCUT2D eigenvalue weighted by molar-refractivity contribution is 5.93. The van der Waals surface area contributed by atoms with Gasteiger partial charge >= 0.3 is 0 Å². The van der Waals surface area contributed by atoms with Crippen LogP contribution in [0.25, 0.3) is 0 Å². The second-order valence-corrected chi connectivity index (χ2v) is 7.35. The van der Waals surface area contributed by atoms with Crippen LogP contribution in [0.1, 0.15) is 39.9 Å². The van der Waals surface area contributed by atoms with Crippen LogP contribution in [0.4, 0.5) is 0 Å². The minimum Gasteiger partial charge on any atom is -0.345 e. The van der Waals surface area contributed by atoms with Gasteiger partial charge in [-0.15, -0.1) is 0 Å². The summed E-state index contributed by atoms with van der Waals surface area (Å²) in [6.07, 6.45) is 2.00. The Balaban J connectivity index is 2.04. The van der Waals surface area contributed by atoms with E-state index in [-0.39, 0.29) is 11.3 Å². The van der Waals surface area contributed by atoms with E-state index >= 15 is 0 Å². The molecule has 0 unspecified atom stereocenters. The number of nitriles is 1. The number of hydrogen-bond acceptors (Lipinski definition) is 3. The highest BCUT2D eigenvalue weighted by atomic mass is 16.2. The van der Waals surface area contributed by atoms with Crippen LogP contribution in [-0.4, -0.2) is 49.9 Å². The molecule has 134 valence electrons. The van der Waals surface area contributed by atoms with Crippen molar-refractivity contribution in [3.05, 3.63) is 70.8 Å². The smallest absolute Gasteiger partial charge is 0.253 e. The molecule has 2 aromatic carbocycles. The first-order valence-corrected chi connectivity index (χ1v) is 8.98. The van der Waals surface area contributed by atoms with Crippen molar-refractivity contribution in [2.24, 2.45) is 0 Å². The van der Waals surface area contributed by atoms with Gasteiger partial charge in [-0.2, -0.15) is 5.26 Å². The Bertz CT molecular complexity index is 825. The van der Waals surface area contributed by atoms with E-state index in [1.807, 2.05) is 30.3 Å². The molecule has 1 aliphatic rings. The summed E-state index contributed by atoms with van der Waals surface area (Å²) < 4.78 is 0. The van der Waals surface area contributed by atoms with Gasteiger partial charge < -0.3 is 9.80 Å². The molecule has 1 heterocycles. The van der Waals surface area contributed by atoms with Crippen LogP contribution in [0.2, 0.25) is 0 Å². The second-order valence-electron chi connectivity index (χ2n) is 7.35. The fourth-order valence-electron chi connectivity index (χ4n) is 3.82. The van der Waals surface area contributed by atoms with Crippen LogP contribution in [0, 0.1) is 11.3 Å². The van der Waals surface area contributed by atoms with Crippen molar-refractivity contribution in [1.29, 1.82) is 5.26 Å². The molecule has 1 saturated heterocycles. The summed E-state index contributed by atoms with van der Waals surface area (Å²) in [7, 11) is 5.68. The van der Waals surface area contributed by atoms with Crippen molar-refractivity contribution >= 4 is 5.91 Å². The number of amides is 1. The van der Waals surface area contributed by atoms with Crippen molar-refractivity contribution in [2.45, 2.75) is 18.3 Å². The van der Waals surface area contributed by atoms with Crippen LogP contribution < -0.4 is 0 Å². The Morgan fingerprint density at radius 2 is 1.73 bits per heavy atom. The van der Waals surface area contributed by atoms with E-state index < -0.39 is 0 Å². The summed E-state index contributed by atoms with van der Waals surface area (Å²) in [5.74, 6) is 0.0143. The van der Waals surface area contributed by atoms with Crippen molar-refractivity contribution in [3.63, 3.8) is 0 Å². The molecule has 4 nitrogen and oxygen atoms in total. The Morgan fingerprint density at radius 3 is 2.31 bits per heavy atom. The summed E-state index contributed by atoms with van der Waals surface area (Å²) in [5.41, 5.74) is 3.69. The van der Waals surface area contributed by atoms with Crippen molar-refractivity contribution in [1.82, 2.24) is 9.80 Å². The summed E-state index contributed by atoms with van der Waals surface area (Å²) in [6, 6.07) is 18.2. The van der Waals surface area contributed by atoms with E-state index in [0.717, 1.165) is 25.9 Å². The third kappa shape index (κ3) is 3.36. The first-order chi connectivity index (χ1) is 12.5. The maximum atomic E-state index is 12.2. The molecule has 0 atom stereocenters. The van der Waals surface area contributed by atoms with Gasteiger partial charge in [-0.1, -0.05) is 24.3 Å². The van der Waals surface area contributed by atoms with Gasteiger partial charge in [0.15, 0.2) is 0 Å². The van der Waals surface area contributed by atoms with Crippen molar-refractivity contribution in [3.8, 4) is 6.07 Å². The standard InChI is InChI=1S/C22H25N3O/c1-24(2)21(26)18-7-9-19(10-8-18)22(11-13-25(3)14-12-22)20-6-4-5-17(15-20)16-23/h4-10,15H,11-14H2,1-3H3. The van der Waals surface area contributed by atoms with Gasteiger partial charge in [-0.05, 0) is 68.4 Å². The quantitative estimate of drug-likeness (QED) is 0.856. The maximum absolute atomic E-state index is 12.2. The lowest BCUT2D eigenvalue weighted by atomic mass is 9.68. The molecule has 0 spiro atoms.